The zero-order valence-corrected chi connectivity index (χ0v) is 14.8. The zero-order chi connectivity index (χ0) is 19.4. The SMILES string of the molecule is C=C(N)c1nn(CC(=O)NCC(=O)Nc2cccc(C)n2)c2cnccc12. The lowest BCUT2D eigenvalue weighted by Crippen LogP contribution is -2.35. The van der Waals surface area contributed by atoms with E-state index in [0.29, 0.717) is 22.7 Å². The lowest BCUT2D eigenvalue weighted by Gasteiger charge is -2.07. The van der Waals surface area contributed by atoms with Gasteiger partial charge in [-0.3, -0.25) is 19.3 Å². The number of nitrogens with two attached hydrogens (primary N) is 1. The van der Waals surface area contributed by atoms with Gasteiger partial charge in [-0.25, -0.2) is 4.98 Å². The number of nitrogens with one attached hydrogen (secondary N) is 2. The van der Waals surface area contributed by atoms with Crippen molar-refractivity contribution in [2.75, 3.05) is 11.9 Å². The van der Waals surface area contributed by atoms with Gasteiger partial charge < -0.3 is 16.4 Å². The summed E-state index contributed by atoms with van der Waals surface area (Å²) in [5.41, 5.74) is 8.00. The predicted octanol–water partition coefficient (Wildman–Crippen LogP) is 0.819. The van der Waals surface area contributed by atoms with Crippen LogP contribution in [-0.2, 0) is 16.1 Å². The van der Waals surface area contributed by atoms with Gasteiger partial charge in [0.25, 0.3) is 0 Å². The first-order valence-electron chi connectivity index (χ1n) is 8.19. The van der Waals surface area contributed by atoms with Gasteiger partial charge in [-0.1, -0.05) is 12.6 Å². The summed E-state index contributed by atoms with van der Waals surface area (Å²) in [7, 11) is 0. The first-order valence-corrected chi connectivity index (χ1v) is 8.19. The summed E-state index contributed by atoms with van der Waals surface area (Å²) in [6.07, 6.45) is 3.21. The maximum absolute atomic E-state index is 12.2. The van der Waals surface area contributed by atoms with Crippen molar-refractivity contribution in [1.82, 2.24) is 25.1 Å². The summed E-state index contributed by atoms with van der Waals surface area (Å²) in [5, 5.41) is 10.3. The van der Waals surface area contributed by atoms with Gasteiger partial charge in [0.05, 0.1) is 24.0 Å². The number of anilines is 1. The standard InChI is InChI=1S/C18H19N7O2/c1-11-4-3-5-15(22-11)23-16(26)9-21-17(27)10-25-14-8-20-7-6-13(14)18(24-25)12(2)19/h3-8H,2,9-10,19H2,1H3,(H,21,27)(H,22,23,26). The minimum absolute atomic E-state index is 0.0779. The van der Waals surface area contributed by atoms with Crippen molar-refractivity contribution < 1.29 is 9.59 Å². The van der Waals surface area contributed by atoms with Gasteiger partial charge in [0.1, 0.15) is 18.1 Å². The zero-order valence-electron chi connectivity index (χ0n) is 14.8. The second kappa shape index (κ2) is 7.65. The molecule has 3 aromatic heterocycles. The molecule has 0 bridgehead atoms. The highest BCUT2D eigenvalue weighted by molar-refractivity contribution is 5.94. The van der Waals surface area contributed by atoms with E-state index >= 15 is 0 Å². The average Bonchev–Trinajstić information content (AvgIpc) is 2.99. The Balaban J connectivity index is 1.62. The van der Waals surface area contributed by atoms with Crippen molar-refractivity contribution in [2.45, 2.75) is 13.5 Å². The molecule has 0 aliphatic heterocycles. The number of amides is 2. The maximum atomic E-state index is 12.2. The number of aryl methyl sites for hydroxylation is 1. The number of pyridine rings is 2. The smallest absolute Gasteiger partial charge is 0.244 e. The average molecular weight is 365 g/mol. The van der Waals surface area contributed by atoms with Crippen LogP contribution in [0.1, 0.15) is 11.4 Å². The van der Waals surface area contributed by atoms with Crippen LogP contribution in [0.25, 0.3) is 16.6 Å². The fourth-order valence-corrected chi connectivity index (χ4v) is 2.55. The number of carbonyl (C=O) groups excluding carboxylic acids is 2. The van der Waals surface area contributed by atoms with Crippen molar-refractivity contribution in [2.24, 2.45) is 5.73 Å². The first kappa shape index (κ1) is 18.1. The molecule has 0 radical (unpaired) electrons. The number of hydrogen-bond donors (Lipinski definition) is 3. The van der Waals surface area contributed by atoms with Crippen molar-refractivity contribution in [3.8, 4) is 0 Å². The highest BCUT2D eigenvalue weighted by Gasteiger charge is 2.14. The Bertz CT molecular complexity index is 1030. The largest absolute Gasteiger partial charge is 0.397 e. The lowest BCUT2D eigenvalue weighted by molar-refractivity contribution is -0.124. The van der Waals surface area contributed by atoms with E-state index in [-0.39, 0.29) is 24.9 Å². The molecule has 138 valence electrons. The Labute approximate surface area is 155 Å². The van der Waals surface area contributed by atoms with E-state index < -0.39 is 0 Å². The van der Waals surface area contributed by atoms with Gasteiger partial charge in [-0.15, -0.1) is 0 Å². The van der Waals surface area contributed by atoms with E-state index in [1.807, 2.05) is 13.0 Å². The quantitative estimate of drug-likeness (QED) is 0.593. The molecule has 0 aliphatic rings. The van der Waals surface area contributed by atoms with Gasteiger partial charge in [0.15, 0.2) is 0 Å². The van der Waals surface area contributed by atoms with Crippen molar-refractivity contribution in [1.29, 1.82) is 0 Å². The Hall–Kier alpha value is -3.75. The van der Waals surface area contributed by atoms with Crippen LogP contribution in [-0.4, -0.2) is 38.1 Å². The van der Waals surface area contributed by atoms with Crippen LogP contribution >= 0.6 is 0 Å². The Morgan fingerprint density at radius 3 is 2.81 bits per heavy atom. The third-order valence-electron chi connectivity index (χ3n) is 3.75. The summed E-state index contributed by atoms with van der Waals surface area (Å²) in [5.74, 6) is -0.307. The summed E-state index contributed by atoms with van der Waals surface area (Å²) < 4.78 is 1.48. The molecular weight excluding hydrogens is 346 g/mol. The number of rotatable bonds is 6. The third kappa shape index (κ3) is 4.27. The molecule has 3 heterocycles. The second-order valence-corrected chi connectivity index (χ2v) is 5.91. The van der Waals surface area contributed by atoms with Crippen LogP contribution in [0.3, 0.4) is 0 Å². The number of fused-ring (bicyclic) bond motifs is 1. The molecule has 9 heteroatoms. The van der Waals surface area contributed by atoms with Crippen LogP contribution in [0, 0.1) is 6.92 Å². The van der Waals surface area contributed by atoms with Crippen LogP contribution in [0.5, 0.6) is 0 Å². The van der Waals surface area contributed by atoms with E-state index in [4.69, 9.17) is 5.73 Å². The number of carbonyl (C=O) groups is 2. The van der Waals surface area contributed by atoms with Crippen molar-refractivity contribution in [3.63, 3.8) is 0 Å². The summed E-state index contributed by atoms with van der Waals surface area (Å²) in [4.78, 5) is 32.4. The molecule has 0 atom stereocenters. The highest BCUT2D eigenvalue weighted by Crippen LogP contribution is 2.20. The molecule has 3 rings (SSSR count). The third-order valence-corrected chi connectivity index (χ3v) is 3.75. The van der Waals surface area contributed by atoms with Crippen LogP contribution in [0.2, 0.25) is 0 Å². The minimum atomic E-state index is -0.371. The molecular formula is C18H19N7O2. The predicted molar refractivity (Wildman–Crippen MR) is 101 cm³/mol. The Morgan fingerprint density at radius 1 is 1.26 bits per heavy atom. The molecule has 2 amide bonds. The van der Waals surface area contributed by atoms with Crippen LogP contribution in [0.4, 0.5) is 5.82 Å². The Morgan fingerprint density at radius 2 is 2.07 bits per heavy atom. The molecule has 0 spiro atoms. The van der Waals surface area contributed by atoms with Gasteiger partial charge in [-0.05, 0) is 25.1 Å². The van der Waals surface area contributed by atoms with Crippen molar-refractivity contribution in [3.05, 3.63) is 54.6 Å². The lowest BCUT2D eigenvalue weighted by atomic mass is 10.2. The first-order chi connectivity index (χ1) is 12.9. The second-order valence-electron chi connectivity index (χ2n) is 5.91. The van der Waals surface area contributed by atoms with Gasteiger partial charge in [0, 0.05) is 17.3 Å². The molecule has 27 heavy (non-hydrogen) atoms. The van der Waals surface area contributed by atoms with E-state index in [1.165, 1.54) is 4.68 Å². The minimum Gasteiger partial charge on any atom is -0.397 e. The maximum Gasteiger partial charge on any atom is 0.244 e. The molecule has 9 nitrogen and oxygen atoms in total. The number of nitrogens with zero attached hydrogens (tertiary/aromatic N) is 4. The summed E-state index contributed by atoms with van der Waals surface area (Å²) in [6, 6.07) is 7.05. The fourth-order valence-electron chi connectivity index (χ4n) is 2.55. The molecule has 4 N–H and O–H groups in total. The molecule has 3 aromatic rings. The molecule has 0 aliphatic carbocycles. The van der Waals surface area contributed by atoms with Crippen molar-refractivity contribution >= 4 is 34.2 Å². The topological polar surface area (TPSA) is 128 Å². The monoisotopic (exact) mass is 365 g/mol. The van der Waals surface area contributed by atoms with E-state index in [9.17, 15) is 9.59 Å². The molecule has 0 unspecified atom stereocenters. The molecule has 0 fully saturated rings. The van der Waals surface area contributed by atoms with Gasteiger partial charge in [-0.2, -0.15) is 5.10 Å². The van der Waals surface area contributed by atoms with Gasteiger partial charge >= 0.3 is 0 Å². The molecule has 0 saturated heterocycles. The highest BCUT2D eigenvalue weighted by atomic mass is 16.2. The van der Waals surface area contributed by atoms with E-state index in [2.05, 4.69) is 32.3 Å². The Kier molecular flexibility index (Phi) is 5.11. The number of hydrogen-bond acceptors (Lipinski definition) is 6. The fraction of sp³-hybridized carbons (Fsp3) is 0.167. The summed E-state index contributed by atoms with van der Waals surface area (Å²) >= 11 is 0. The molecule has 0 aromatic carbocycles. The van der Waals surface area contributed by atoms with E-state index in [1.54, 1.807) is 30.6 Å². The summed E-state index contributed by atoms with van der Waals surface area (Å²) in [6.45, 7) is 5.26. The normalized spacial score (nSPS) is 10.6. The van der Waals surface area contributed by atoms with E-state index in [0.717, 1.165) is 11.1 Å². The molecule has 0 saturated carbocycles. The van der Waals surface area contributed by atoms with Gasteiger partial charge in [0.2, 0.25) is 11.8 Å². The van der Waals surface area contributed by atoms with Crippen LogP contribution in [0.15, 0.2) is 43.2 Å². The number of aromatic nitrogens is 4. The van der Waals surface area contributed by atoms with Crippen LogP contribution < -0.4 is 16.4 Å².